The van der Waals surface area contributed by atoms with Gasteiger partial charge in [-0.15, -0.1) is 68.0 Å². The lowest BCUT2D eigenvalue weighted by Crippen LogP contribution is -2.51. The number of aromatic amines is 2. The maximum atomic E-state index is 7.08. The molecule has 8 bridgehead atoms. The minimum absolute atomic E-state index is 0.0348. The van der Waals surface area contributed by atoms with Gasteiger partial charge in [-0.1, -0.05) is 91.0 Å². The summed E-state index contributed by atoms with van der Waals surface area (Å²) in [5, 5.41) is 88.7. The largest absolute Gasteiger partial charge is 0.490 e. The van der Waals surface area contributed by atoms with Crippen LogP contribution in [-0.2, 0) is 25.0 Å². The Morgan fingerprint density at radius 1 is 0.248 bits per heavy atom. The highest BCUT2D eigenvalue weighted by Gasteiger charge is 2.76. The van der Waals surface area contributed by atoms with Crippen molar-refractivity contribution < 1.29 is 23.7 Å². The molecular weight excluding hydrogens is 1940 g/mol. The van der Waals surface area contributed by atoms with Gasteiger partial charge in [0.1, 0.15) is 24.7 Å². The van der Waals surface area contributed by atoms with Gasteiger partial charge in [-0.05, 0) is 434 Å². The Hall–Kier alpha value is -15.6. The fraction of sp³-hybridized carbons (Fsp3) is 0.0977. The summed E-state index contributed by atoms with van der Waals surface area (Å²) in [6, 6.07) is 64.6. The molecule has 0 amide bonds. The van der Waals surface area contributed by atoms with E-state index < -0.39 is 5.41 Å². The van der Waals surface area contributed by atoms with Crippen molar-refractivity contribution in [3.63, 3.8) is 0 Å². The first-order chi connectivity index (χ1) is 74.0. The van der Waals surface area contributed by atoms with Crippen molar-refractivity contribution in [2.75, 3.05) is 66.4 Å². The van der Waals surface area contributed by atoms with Crippen molar-refractivity contribution in [2.24, 2.45) is 0 Å². The second-order valence-corrected chi connectivity index (χ2v) is 51.7. The maximum absolute atomic E-state index is 7.08. The van der Waals surface area contributed by atoms with Crippen LogP contribution in [0.2, 0.25) is 0 Å². The van der Waals surface area contributed by atoms with Crippen LogP contribution in [0, 0.1) is 0 Å². The first-order valence-corrected chi connectivity index (χ1v) is 57.3. The Labute approximate surface area is 859 Å². The van der Waals surface area contributed by atoms with Gasteiger partial charge in [0.15, 0.2) is 0 Å². The van der Waals surface area contributed by atoms with Gasteiger partial charge in [-0.3, -0.25) is 4.90 Å². The molecule has 48 rings (SSSR count). The Bertz CT molecular complexity index is 12900. The van der Waals surface area contributed by atoms with Crippen LogP contribution in [0.25, 0.3) is 430 Å². The standard InChI is InChI=1S/C133H57N5O5S6/c1-138-43-132-125-117-109-99-89-81-73-71-72-75-79-77(73)85-93-87(79)97-91-83(75)84-76(72)80-78-74(71)82(81)90-96-86(78)94-88(80)98-92(84)102-101(91)113-107(97)115-105(93)111(103(109)95(85)89)119(125)121(115)127-123(113)124-114(102)108(98)116-106(94)112-104(96)110(100(90)99)118(117)126(132)120(112)122(116)128(124)133(127,132)131(138)64-32-30-60(147-64)58-26-28-62(145-58)66-42-56-130(149-66)129-55(142-39-37-140-35-33-139-34-36-141-38-40-143-56)41-65(148-129)61-27-25-57(144-61)59-29-31-63(146-59)70-53-23-21-51(136-53)68(45-13-7-3-8-14-45)49-19-17-47(134-49)67(44-11-5-2-6-12-44)48-18-20-50(135-48)69(46-15-9-4-10-16-46)52-22-24-54(70)137-52/h2-32,41-42,131,134,137H,33-40,43H2,1H3. The number of thiophene rings is 6. The highest BCUT2D eigenvalue weighted by atomic mass is 32.1. The highest BCUT2D eigenvalue weighted by molar-refractivity contribution is 7.31. The summed E-state index contributed by atoms with van der Waals surface area (Å²) in [5.74, 6) is 1.64. The van der Waals surface area contributed by atoms with Crippen molar-refractivity contribution in [3.8, 4) is 104 Å². The normalized spacial score (nSPS) is 18.9. The SMILES string of the molecule is CN1CC23c4c5c6c7c8c9c(c%10c%11c2c2c4c4c%12c5c5c6c6c8c8c%13c9c9c%10c%10c%11c%11c2c2c4c4c%12c%12c5c5c6c8c6c8c%13c9c9c%10c%10c%11c2c2c4c4c%12c5c6c5c8c9c%10c2c45)C73C1c1ccc(-c2ccc(-c3cc4c(s3)-c3sc(-c5ccc(-c6ccc(-c7c8nc(c(-c9ccccc9)c9ccc([nH]9)c(-c9ccccc9)c9nc(c(-c%10ccccc%10)c%10ccc7[nH]%10)C=C9)C=C8)s6)s5)cc3OCCOCCOCCOCCO4)s2)s1. The van der Waals surface area contributed by atoms with Crippen molar-refractivity contribution in [2.45, 2.75) is 16.9 Å². The molecule has 1 saturated heterocycles. The average Bonchev–Trinajstić information content (AvgIpc) is 1.38. The molecule has 16 heteroatoms. The number of H-pyrrole nitrogens is 2. The summed E-state index contributed by atoms with van der Waals surface area (Å²) in [6.45, 7) is 4.45. The zero-order valence-corrected chi connectivity index (χ0v) is 83.2. The molecule has 10 nitrogen and oxygen atoms in total. The first kappa shape index (κ1) is 72.6. The maximum Gasteiger partial charge on any atom is 0.139 e. The monoisotopic (exact) mass is 2000 g/mol. The topological polar surface area (TPSA) is 107 Å². The van der Waals surface area contributed by atoms with Crippen LogP contribution in [0.15, 0.2) is 176 Å². The molecule has 0 saturated carbocycles. The Kier molecular flexibility index (Phi) is 10.8. The molecule has 149 heavy (non-hydrogen) atoms. The molecule has 31 aromatic carbocycles. The quantitative estimate of drug-likeness (QED) is 0.138. The van der Waals surface area contributed by atoms with Crippen LogP contribution in [0.4, 0.5) is 0 Å². The van der Waals surface area contributed by atoms with Crippen molar-refractivity contribution in [3.05, 3.63) is 226 Å². The molecule has 4 aliphatic heterocycles. The number of likely N-dealkylation sites (tertiary alicyclic amines) is 1. The fourth-order valence-corrected chi connectivity index (χ4v) is 43.6. The molecule has 2 spiro atoms. The summed E-state index contributed by atoms with van der Waals surface area (Å²) in [5.41, 5.74) is 20.8. The minimum atomic E-state index is -0.457. The summed E-state index contributed by atoms with van der Waals surface area (Å²) in [7, 11) is 2.61. The molecule has 9 aromatic heterocycles. The van der Waals surface area contributed by atoms with Crippen LogP contribution in [0.1, 0.15) is 55.9 Å². The minimum Gasteiger partial charge on any atom is -0.490 e. The zero-order valence-electron chi connectivity index (χ0n) is 78.3. The Morgan fingerprint density at radius 2 is 0.497 bits per heavy atom. The second-order valence-electron chi connectivity index (χ2n) is 45.2. The van der Waals surface area contributed by atoms with Crippen LogP contribution in [0.3, 0.4) is 0 Å². The van der Waals surface area contributed by atoms with E-state index in [2.05, 4.69) is 233 Å². The number of ether oxygens (including phenoxy) is 5. The van der Waals surface area contributed by atoms with Gasteiger partial charge in [0.25, 0.3) is 0 Å². The van der Waals surface area contributed by atoms with Crippen molar-refractivity contribution >= 4 is 405 Å². The van der Waals surface area contributed by atoms with Crippen LogP contribution in [-0.4, -0.2) is 91.3 Å². The fourth-order valence-electron chi connectivity index (χ4n) is 36.6. The molecule has 0 radical (unpaired) electrons. The number of nitrogens with zero attached hydrogens (tertiary/aromatic N) is 3. The summed E-state index contributed by atoms with van der Waals surface area (Å²) < 4.78 is 32.6. The molecule has 1 atom stereocenters. The molecule has 8 aliphatic rings. The van der Waals surface area contributed by atoms with E-state index in [4.69, 9.17) is 33.7 Å². The van der Waals surface area contributed by atoms with E-state index in [0.717, 1.165) is 131 Å². The number of likely N-dealkylation sites (N-methyl/N-ethyl adjacent to an activating group) is 1. The number of benzene rings is 21. The van der Waals surface area contributed by atoms with E-state index in [0.29, 0.717) is 52.9 Å². The molecular formula is C133H57N5O5S6. The van der Waals surface area contributed by atoms with E-state index in [1.54, 1.807) is 336 Å². The van der Waals surface area contributed by atoms with Gasteiger partial charge in [0.2, 0.25) is 0 Å². The second kappa shape index (κ2) is 22.3. The lowest BCUT2D eigenvalue weighted by atomic mass is 9.48. The van der Waals surface area contributed by atoms with Gasteiger partial charge in [0.05, 0.1) is 89.0 Å². The van der Waals surface area contributed by atoms with E-state index in [-0.39, 0.29) is 11.5 Å². The Morgan fingerprint density at radius 3 is 0.812 bits per heavy atom. The zero-order chi connectivity index (χ0) is 93.7. The molecule has 2 N–H and O–H groups in total. The number of hydrogen-bond donors (Lipinski definition) is 2. The number of aromatic nitrogens is 4. The Balaban J connectivity index is 0.443. The van der Waals surface area contributed by atoms with Gasteiger partial charge >= 0.3 is 0 Å². The average molecular weight is 2000 g/mol. The molecule has 1 unspecified atom stereocenters. The highest BCUT2D eigenvalue weighted by Crippen LogP contribution is 2.88. The number of nitrogens with one attached hydrogen (secondary N) is 2. The van der Waals surface area contributed by atoms with Gasteiger partial charge < -0.3 is 33.7 Å². The third-order valence-electron chi connectivity index (χ3n) is 40.1. The van der Waals surface area contributed by atoms with Crippen molar-refractivity contribution in [1.82, 2.24) is 24.8 Å². The third kappa shape index (κ3) is 6.68. The number of hydrogen-bond acceptors (Lipinski definition) is 14. The molecule has 680 valence electrons. The first-order valence-electron chi connectivity index (χ1n) is 52.4. The van der Waals surface area contributed by atoms with Gasteiger partial charge in [0, 0.05) is 112 Å². The summed E-state index contributed by atoms with van der Waals surface area (Å²) in [4.78, 5) is 36.5. The van der Waals surface area contributed by atoms with Crippen LogP contribution < -0.4 is 9.47 Å². The predicted molar refractivity (Wildman–Crippen MR) is 628 cm³/mol. The van der Waals surface area contributed by atoms with Gasteiger partial charge in [-0.25, -0.2) is 9.97 Å². The summed E-state index contributed by atoms with van der Waals surface area (Å²) >= 11 is 11.2. The summed E-state index contributed by atoms with van der Waals surface area (Å²) in [6.07, 6.45) is 8.73. The van der Waals surface area contributed by atoms with Crippen LogP contribution >= 0.6 is 68.0 Å². The van der Waals surface area contributed by atoms with Crippen LogP contribution in [0.5, 0.6) is 11.5 Å². The van der Waals surface area contributed by atoms with E-state index in [9.17, 15) is 0 Å². The smallest absolute Gasteiger partial charge is 0.139 e. The third-order valence-corrected chi connectivity index (χ3v) is 47.7. The van der Waals surface area contributed by atoms with Gasteiger partial charge in [-0.2, -0.15) is 0 Å². The molecule has 1 fully saturated rings. The van der Waals surface area contributed by atoms with Crippen molar-refractivity contribution in [1.29, 1.82) is 0 Å². The molecule has 13 heterocycles. The lowest BCUT2D eigenvalue weighted by Gasteiger charge is -2.52. The molecule has 40 aromatic rings. The van der Waals surface area contributed by atoms with E-state index in [1.807, 2.05) is 34.0 Å². The van der Waals surface area contributed by atoms with E-state index >= 15 is 0 Å². The number of rotatable bonds is 9. The van der Waals surface area contributed by atoms with E-state index in [1.165, 1.54) is 29.3 Å². The predicted octanol–water partition coefficient (Wildman–Crippen LogP) is 36.1. The number of fused-ring (bicyclic) bond motifs is 11. The lowest BCUT2D eigenvalue weighted by molar-refractivity contribution is 0.00522. The molecule has 4 aliphatic carbocycles.